The van der Waals surface area contributed by atoms with Gasteiger partial charge in [0.1, 0.15) is 6.04 Å². The number of hydrazone groups is 1. The number of carbonyl (C=O) groups is 4. The number of hydrogen-bond donors (Lipinski definition) is 2. The fourth-order valence-electron chi connectivity index (χ4n) is 4.78. The van der Waals surface area contributed by atoms with Crippen molar-refractivity contribution in [2.45, 2.75) is 57.5 Å². The average Bonchev–Trinajstić information content (AvgIpc) is 3.25. The third kappa shape index (κ3) is 6.70. The summed E-state index contributed by atoms with van der Waals surface area (Å²) in [5.41, 5.74) is 3.27. The lowest BCUT2D eigenvalue weighted by Crippen LogP contribution is -2.53. The molecule has 2 N–H and O–H groups in total. The Kier molecular flexibility index (Phi) is 8.92. The summed E-state index contributed by atoms with van der Waals surface area (Å²) < 4.78 is 5.41. The van der Waals surface area contributed by atoms with Gasteiger partial charge in [-0.25, -0.2) is 5.43 Å². The van der Waals surface area contributed by atoms with Crippen LogP contribution in [0.5, 0.6) is 0 Å². The zero-order chi connectivity index (χ0) is 24.6. The highest BCUT2D eigenvalue weighted by atomic mass is 32.2. The molecule has 0 radical (unpaired) electrons. The predicted octanol–water partition coefficient (Wildman–Crippen LogP) is 2.21. The molecule has 1 atom stereocenters. The minimum atomic E-state index is -0.910. The SMILES string of the molecule is O=C(NN=C1SCC(=O)N1Cc1ccccc1)C(=O)C(NC(=O)C1CCCCC1)C1CCOCC1. The minimum Gasteiger partial charge on any atom is -0.381 e. The van der Waals surface area contributed by atoms with Crippen LogP contribution in [0.1, 0.15) is 50.5 Å². The van der Waals surface area contributed by atoms with Crippen LogP contribution in [-0.2, 0) is 30.5 Å². The third-order valence-electron chi connectivity index (χ3n) is 6.81. The molecule has 0 bridgehead atoms. The largest absolute Gasteiger partial charge is 0.381 e. The van der Waals surface area contributed by atoms with E-state index < -0.39 is 17.7 Å². The van der Waals surface area contributed by atoms with Gasteiger partial charge < -0.3 is 10.1 Å². The van der Waals surface area contributed by atoms with E-state index >= 15 is 0 Å². The summed E-state index contributed by atoms with van der Waals surface area (Å²) in [6.07, 6.45) is 5.93. The van der Waals surface area contributed by atoms with Crippen molar-refractivity contribution >= 4 is 40.4 Å². The average molecular weight is 501 g/mol. The van der Waals surface area contributed by atoms with Gasteiger partial charge in [-0.15, -0.1) is 5.10 Å². The van der Waals surface area contributed by atoms with Gasteiger partial charge in [-0.05, 0) is 37.2 Å². The van der Waals surface area contributed by atoms with Crippen LogP contribution >= 0.6 is 11.8 Å². The van der Waals surface area contributed by atoms with Gasteiger partial charge in [-0.2, -0.15) is 0 Å². The fraction of sp³-hybridized carbons (Fsp3) is 0.560. The maximum atomic E-state index is 13.2. The highest BCUT2D eigenvalue weighted by Gasteiger charge is 2.37. The van der Waals surface area contributed by atoms with Gasteiger partial charge in [0.25, 0.3) is 0 Å². The molecular weight excluding hydrogens is 468 g/mol. The molecule has 3 amide bonds. The summed E-state index contributed by atoms with van der Waals surface area (Å²) in [4.78, 5) is 52.7. The first-order valence-electron chi connectivity index (χ1n) is 12.3. The normalized spacial score (nSPS) is 21.7. The van der Waals surface area contributed by atoms with Gasteiger partial charge in [-0.3, -0.25) is 24.1 Å². The number of thioether (sulfide) groups is 1. The molecule has 9 nitrogen and oxygen atoms in total. The van der Waals surface area contributed by atoms with Gasteiger partial charge in [0.05, 0.1) is 12.3 Å². The Morgan fingerprint density at radius 1 is 1.06 bits per heavy atom. The lowest BCUT2D eigenvalue weighted by Gasteiger charge is -2.31. The van der Waals surface area contributed by atoms with E-state index in [0.717, 1.165) is 37.7 Å². The smallest absolute Gasteiger partial charge is 0.309 e. The first-order valence-corrected chi connectivity index (χ1v) is 13.3. The first-order chi connectivity index (χ1) is 17.0. The molecule has 1 aliphatic carbocycles. The molecule has 1 unspecified atom stereocenters. The van der Waals surface area contributed by atoms with Crippen LogP contribution in [0.4, 0.5) is 0 Å². The first kappa shape index (κ1) is 25.4. The predicted molar refractivity (Wildman–Crippen MR) is 132 cm³/mol. The standard InChI is InChI=1S/C25H32N4O5S/c30-20-16-35-25(29(20)15-17-7-3-1-4-8-17)28-27-24(33)22(31)21(18-11-13-34-14-12-18)26-23(32)19-9-5-2-6-10-19/h1,3-4,7-8,18-19,21H,2,5-6,9-16H2,(H,26,32)(H,27,33). The number of Topliss-reactive ketones (excluding diaryl/α,β-unsaturated/α-hetero) is 1. The molecule has 188 valence electrons. The van der Waals surface area contributed by atoms with E-state index in [2.05, 4.69) is 15.8 Å². The van der Waals surface area contributed by atoms with Crippen molar-refractivity contribution in [3.8, 4) is 0 Å². The molecule has 1 aromatic rings. The quantitative estimate of drug-likeness (QED) is 0.418. The van der Waals surface area contributed by atoms with Crippen LogP contribution in [0.15, 0.2) is 35.4 Å². The molecule has 1 aromatic carbocycles. The molecule has 2 heterocycles. The van der Waals surface area contributed by atoms with Gasteiger partial charge >= 0.3 is 5.91 Å². The summed E-state index contributed by atoms with van der Waals surface area (Å²) in [5.74, 6) is -1.93. The highest BCUT2D eigenvalue weighted by molar-refractivity contribution is 8.15. The Morgan fingerprint density at radius 2 is 1.77 bits per heavy atom. The molecule has 2 aliphatic heterocycles. The van der Waals surface area contributed by atoms with Crippen molar-refractivity contribution in [1.82, 2.24) is 15.6 Å². The molecule has 3 fully saturated rings. The van der Waals surface area contributed by atoms with Gasteiger partial charge in [-0.1, -0.05) is 61.4 Å². The van der Waals surface area contributed by atoms with Crippen molar-refractivity contribution in [3.63, 3.8) is 0 Å². The number of ether oxygens (including phenoxy) is 1. The Morgan fingerprint density at radius 3 is 2.49 bits per heavy atom. The maximum Gasteiger partial charge on any atom is 0.309 e. The summed E-state index contributed by atoms with van der Waals surface area (Å²) in [5, 5.41) is 7.33. The number of carbonyl (C=O) groups excluding carboxylic acids is 4. The minimum absolute atomic E-state index is 0.113. The summed E-state index contributed by atoms with van der Waals surface area (Å²) >= 11 is 1.21. The Balaban J connectivity index is 1.42. The van der Waals surface area contributed by atoms with Crippen LogP contribution in [0.25, 0.3) is 0 Å². The molecule has 1 saturated carbocycles. The number of rotatable bonds is 8. The second kappa shape index (κ2) is 12.3. The van der Waals surface area contributed by atoms with E-state index in [4.69, 9.17) is 4.74 Å². The maximum absolute atomic E-state index is 13.2. The van der Waals surface area contributed by atoms with Crippen molar-refractivity contribution in [1.29, 1.82) is 0 Å². The molecular formula is C25H32N4O5S. The topological polar surface area (TPSA) is 117 Å². The Labute approximate surface area is 209 Å². The van der Waals surface area contributed by atoms with E-state index in [0.29, 0.717) is 37.8 Å². The number of nitrogens with zero attached hydrogens (tertiary/aromatic N) is 2. The number of amides is 3. The number of ketones is 1. The second-order valence-electron chi connectivity index (χ2n) is 9.22. The summed E-state index contributed by atoms with van der Waals surface area (Å²) in [6.45, 7) is 1.31. The van der Waals surface area contributed by atoms with Crippen LogP contribution in [0.2, 0.25) is 0 Å². The van der Waals surface area contributed by atoms with Crippen LogP contribution in [0, 0.1) is 11.8 Å². The molecule has 0 aromatic heterocycles. The van der Waals surface area contributed by atoms with Gasteiger partial charge in [0.15, 0.2) is 5.17 Å². The molecule has 35 heavy (non-hydrogen) atoms. The summed E-state index contributed by atoms with van der Waals surface area (Å²) in [7, 11) is 0. The Hall–Kier alpha value is -2.72. The van der Waals surface area contributed by atoms with Crippen LogP contribution in [-0.4, -0.2) is 58.6 Å². The third-order valence-corrected chi connectivity index (χ3v) is 7.77. The summed E-state index contributed by atoms with van der Waals surface area (Å²) in [6, 6.07) is 8.57. The molecule has 10 heteroatoms. The van der Waals surface area contributed by atoms with E-state index in [1.165, 1.54) is 16.7 Å². The van der Waals surface area contributed by atoms with Crippen molar-refractivity contribution in [3.05, 3.63) is 35.9 Å². The lowest BCUT2D eigenvalue weighted by atomic mass is 9.85. The zero-order valence-electron chi connectivity index (χ0n) is 19.7. The molecule has 0 spiro atoms. The number of amidine groups is 1. The van der Waals surface area contributed by atoms with Gasteiger partial charge in [0, 0.05) is 19.1 Å². The lowest BCUT2D eigenvalue weighted by molar-refractivity contribution is -0.142. The van der Waals surface area contributed by atoms with Crippen LogP contribution in [0.3, 0.4) is 0 Å². The van der Waals surface area contributed by atoms with Crippen molar-refractivity contribution in [2.24, 2.45) is 16.9 Å². The molecule has 3 aliphatic rings. The number of nitrogens with one attached hydrogen (secondary N) is 2. The monoisotopic (exact) mass is 500 g/mol. The van der Waals surface area contributed by atoms with Crippen LogP contribution < -0.4 is 10.7 Å². The molecule has 4 rings (SSSR count). The van der Waals surface area contributed by atoms with E-state index in [1.54, 1.807) is 0 Å². The second-order valence-corrected chi connectivity index (χ2v) is 10.2. The van der Waals surface area contributed by atoms with E-state index in [-0.39, 0.29) is 29.4 Å². The van der Waals surface area contributed by atoms with E-state index in [1.807, 2.05) is 30.3 Å². The van der Waals surface area contributed by atoms with E-state index in [9.17, 15) is 19.2 Å². The zero-order valence-corrected chi connectivity index (χ0v) is 20.6. The molecule has 2 saturated heterocycles. The van der Waals surface area contributed by atoms with Crippen molar-refractivity contribution in [2.75, 3.05) is 19.0 Å². The number of benzene rings is 1. The Bertz CT molecular complexity index is 958. The van der Waals surface area contributed by atoms with Gasteiger partial charge in [0.2, 0.25) is 17.6 Å². The van der Waals surface area contributed by atoms with Crippen molar-refractivity contribution < 1.29 is 23.9 Å². The number of hydrogen-bond acceptors (Lipinski definition) is 7. The fourth-order valence-corrected chi connectivity index (χ4v) is 5.62. The highest BCUT2D eigenvalue weighted by Crippen LogP contribution is 2.26.